The highest BCUT2D eigenvalue weighted by Gasteiger charge is 2.37. The maximum absolute atomic E-state index is 3.79. The van der Waals surface area contributed by atoms with E-state index in [1.807, 2.05) is 0 Å². The molecule has 0 amide bonds. The molecular formula is C19H31N3. The fourth-order valence-electron chi connectivity index (χ4n) is 4.40. The van der Waals surface area contributed by atoms with Crippen LogP contribution in [-0.4, -0.2) is 30.2 Å². The molecule has 0 spiro atoms. The molecule has 1 saturated heterocycles. The lowest BCUT2D eigenvalue weighted by Crippen LogP contribution is -2.61. The summed E-state index contributed by atoms with van der Waals surface area (Å²) in [6.45, 7) is 11.4. The van der Waals surface area contributed by atoms with Crippen LogP contribution < -0.4 is 16.0 Å². The Balaban J connectivity index is 1.52. The molecule has 0 saturated carbocycles. The first kappa shape index (κ1) is 15.8. The molecule has 0 unspecified atom stereocenters. The minimum absolute atomic E-state index is 0.221. The van der Waals surface area contributed by atoms with Gasteiger partial charge in [-0.05, 0) is 77.1 Å². The Labute approximate surface area is 135 Å². The van der Waals surface area contributed by atoms with Crippen molar-refractivity contribution in [2.24, 2.45) is 0 Å². The van der Waals surface area contributed by atoms with Crippen LogP contribution in [0.3, 0.4) is 0 Å². The van der Waals surface area contributed by atoms with Gasteiger partial charge in [0.25, 0.3) is 0 Å². The highest BCUT2D eigenvalue weighted by Crippen LogP contribution is 2.28. The second kappa shape index (κ2) is 5.86. The quantitative estimate of drug-likeness (QED) is 0.800. The van der Waals surface area contributed by atoms with Gasteiger partial charge in [0.1, 0.15) is 0 Å². The molecule has 2 aliphatic rings. The van der Waals surface area contributed by atoms with Gasteiger partial charge in [-0.1, -0.05) is 12.1 Å². The number of hydrogen-bond donors (Lipinski definition) is 3. The number of piperidine rings is 1. The molecule has 22 heavy (non-hydrogen) atoms. The van der Waals surface area contributed by atoms with Crippen molar-refractivity contribution in [1.29, 1.82) is 0 Å². The highest BCUT2D eigenvalue weighted by molar-refractivity contribution is 5.56. The summed E-state index contributed by atoms with van der Waals surface area (Å²) in [5.74, 6) is 0. The normalized spacial score (nSPS) is 23.1. The number of rotatable bonds is 4. The van der Waals surface area contributed by atoms with Gasteiger partial charge in [-0.25, -0.2) is 0 Å². The zero-order chi connectivity index (χ0) is 15.8. The van der Waals surface area contributed by atoms with E-state index in [1.165, 1.54) is 36.1 Å². The van der Waals surface area contributed by atoms with E-state index in [2.05, 4.69) is 61.8 Å². The average Bonchev–Trinajstić information content (AvgIpc) is 2.82. The van der Waals surface area contributed by atoms with Gasteiger partial charge in [0.2, 0.25) is 0 Å². The van der Waals surface area contributed by atoms with Crippen LogP contribution in [0.2, 0.25) is 0 Å². The third-order valence-electron chi connectivity index (χ3n) is 4.92. The summed E-state index contributed by atoms with van der Waals surface area (Å²) in [4.78, 5) is 0. The smallest absolute Gasteiger partial charge is 0.0373 e. The molecule has 2 aliphatic heterocycles. The molecule has 0 aliphatic carbocycles. The lowest BCUT2D eigenvalue weighted by molar-refractivity contribution is 0.147. The van der Waals surface area contributed by atoms with Crippen LogP contribution in [0.5, 0.6) is 0 Å². The Morgan fingerprint density at radius 1 is 1.14 bits per heavy atom. The summed E-state index contributed by atoms with van der Waals surface area (Å²) in [5.41, 5.74) is 4.72. The van der Waals surface area contributed by atoms with Gasteiger partial charge in [0.15, 0.2) is 0 Å². The van der Waals surface area contributed by atoms with E-state index in [0.717, 1.165) is 19.5 Å². The second-order valence-electron chi connectivity index (χ2n) is 8.37. The molecule has 1 aromatic rings. The molecule has 3 N–H and O–H groups in total. The third kappa shape index (κ3) is 3.82. The molecule has 122 valence electrons. The van der Waals surface area contributed by atoms with Crippen LogP contribution in [0, 0.1) is 0 Å². The molecule has 0 aromatic heterocycles. The molecule has 3 heteroatoms. The van der Waals surface area contributed by atoms with Gasteiger partial charge in [-0.3, -0.25) is 0 Å². The maximum Gasteiger partial charge on any atom is 0.0373 e. The first-order valence-corrected chi connectivity index (χ1v) is 8.71. The average molecular weight is 301 g/mol. The predicted octanol–water partition coefficient (Wildman–Crippen LogP) is 3.10. The van der Waals surface area contributed by atoms with Crippen LogP contribution in [0.15, 0.2) is 18.2 Å². The van der Waals surface area contributed by atoms with E-state index >= 15 is 0 Å². The third-order valence-corrected chi connectivity index (χ3v) is 4.92. The first-order valence-electron chi connectivity index (χ1n) is 8.71. The summed E-state index contributed by atoms with van der Waals surface area (Å²) in [6, 6.07) is 7.51. The van der Waals surface area contributed by atoms with E-state index in [4.69, 9.17) is 0 Å². The SMILES string of the molecule is CC1(C)CC(NCCc2ccc3c(c2)CCN3)CC(C)(C)N1. The standard InChI is InChI=1S/C19H31N3/c1-18(2)12-16(13-19(3,4)22-18)20-9-7-14-5-6-17-15(11-14)8-10-21-17/h5-6,11,16,20-22H,7-10,12-13H2,1-4H3. The monoisotopic (exact) mass is 301 g/mol. The molecule has 1 aromatic carbocycles. The molecule has 0 radical (unpaired) electrons. The van der Waals surface area contributed by atoms with Crippen molar-refractivity contribution >= 4 is 5.69 Å². The Hall–Kier alpha value is -1.06. The van der Waals surface area contributed by atoms with Crippen LogP contribution in [-0.2, 0) is 12.8 Å². The number of nitrogens with one attached hydrogen (secondary N) is 3. The Bertz CT molecular complexity index is 517. The molecule has 3 rings (SSSR count). The Kier molecular flexibility index (Phi) is 4.21. The van der Waals surface area contributed by atoms with E-state index in [1.54, 1.807) is 0 Å². The molecule has 1 fully saturated rings. The maximum atomic E-state index is 3.79. The van der Waals surface area contributed by atoms with Gasteiger partial charge in [0.05, 0.1) is 0 Å². The molecule has 2 heterocycles. The van der Waals surface area contributed by atoms with Crippen molar-refractivity contribution in [1.82, 2.24) is 10.6 Å². The molecule has 0 bridgehead atoms. The van der Waals surface area contributed by atoms with E-state index in [9.17, 15) is 0 Å². The number of benzene rings is 1. The van der Waals surface area contributed by atoms with Crippen molar-refractivity contribution in [2.75, 3.05) is 18.4 Å². The van der Waals surface area contributed by atoms with Crippen LogP contribution >= 0.6 is 0 Å². The van der Waals surface area contributed by atoms with E-state index in [-0.39, 0.29) is 11.1 Å². The summed E-state index contributed by atoms with van der Waals surface area (Å²) >= 11 is 0. The van der Waals surface area contributed by atoms with Gasteiger partial charge >= 0.3 is 0 Å². The highest BCUT2D eigenvalue weighted by atomic mass is 15.1. The molecule has 3 nitrogen and oxygen atoms in total. The first-order chi connectivity index (χ1) is 10.3. The Morgan fingerprint density at radius 2 is 1.86 bits per heavy atom. The molecular weight excluding hydrogens is 270 g/mol. The fourth-order valence-corrected chi connectivity index (χ4v) is 4.40. The van der Waals surface area contributed by atoms with Crippen molar-refractivity contribution in [3.63, 3.8) is 0 Å². The minimum atomic E-state index is 0.221. The number of anilines is 1. The lowest BCUT2D eigenvalue weighted by atomic mass is 9.79. The van der Waals surface area contributed by atoms with Gasteiger partial charge in [-0.2, -0.15) is 0 Å². The van der Waals surface area contributed by atoms with Crippen molar-refractivity contribution in [3.8, 4) is 0 Å². The Morgan fingerprint density at radius 3 is 2.59 bits per heavy atom. The second-order valence-corrected chi connectivity index (χ2v) is 8.37. The zero-order valence-electron chi connectivity index (χ0n) is 14.6. The zero-order valence-corrected chi connectivity index (χ0v) is 14.6. The van der Waals surface area contributed by atoms with Crippen molar-refractivity contribution < 1.29 is 0 Å². The van der Waals surface area contributed by atoms with Crippen molar-refractivity contribution in [3.05, 3.63) is 29.3 Å². The minimum Gasteiger partial charge on any atom is -0.384 e. The predicted molar refractivity (Wildman–Crippen MR) is 94.7 cm³/mol. The van der Waals surface area contributed by atoms with E-state index < -0.39 is 0 Å². The number of hydrogen-bond acceptors (Lipinski definition) is 3. The van der Waals surface area contributed by atoms with Gasteiger partial charge in [-0.15, -0.1) is 0 Å². The summed E-state index contributed by atoms with van der Waals surface area (Å²) in [5, 5.41) is 11.0. The van der Waals surface area contributed by atoms with Crippen molar-refractivity contribution in [2.45, 2.75) is 70.5 Å². The largest absolute Gasteiger partial charge is 0.384 e. The lowest BCUT2D eigenvalue weighted by Gasteiger charge is -2.46. The van der Waals surface area contributed by atoms with E-state index in [0.29, 0.717) is 6.04 Å². The van der Waals surface area contributed by atoms with Crippen LogP contribution in [0.4, 0.5) is 5.69 Å². The summed E-state index contributed by atoms with van der Waals surface area (Å²) in [7, 11) is 0. The fraction of sp³-hybridized carbons (Fsp3) is 0.684. The summed E-state index contributed by atoms with van der Waals surface area (Å²) < 4.78 is 0. The van der Waals surface area contributed by atoms with Gasteiger partial charge < -0.3 is 16.0 Å². The summed E-state index contributed by atoms with van der Waals surface area (Å²) in [6.07, 6.45) is 4.69. The number of fused-ring (bicyclic) bond motifs is 1. The van der Waals surface area contributed by atoms with Crippen LogP contribution in [0.1, 0.15) is 51.7 Å². The topological polar surface area (TPSA) is 36.1 Å². The van der Waals surface area contributed by atoms with Gasteiger partial charge in [0, 0.05) is 29.4 Å². The molecule has 0 atom stereocenters. The van der Waals surface area contributed by atoms with Crippen LogP contribution in [0.25, 0.3) is 0 Å².